The molecule has 206 valence electrons. The zero-order chi connectivity index (χ0) is 27.4. The number of aliphatic hydroxyl groups excluding tert-OH is 1. The molecule has 1 unspecified atom stereocenters. The molecule has 37 heavy (non-hydrogen) atoms. The van der Waals surface area contributed by atoms with E-state index in [-0.39, 0.29) is 0 Å². The second-order valence-electron chi connectivity index (χ2n) is 11.6. The Bertz CT molecular complexity index is 979. The summed E-state index contributed by atoms with van der Waals surface area (Å²) in [6, 6.07) is 9.87. The van der Waals surface area contributed by atoms with Crippen molar-refractivity contribution < 1.29 is 19.4 Å². The average molecular weight is 529 g/mol. The molecule has 0 radical (unpaired) electrons. The summed E-state index contributed by atoms with van der Waals surface area (Å²) in [7, 11) is -2.03. The first-order valence-electron chi connectivity index (χ1n) is 13.9. The van der Waals surface area contributed by atoms with Crippen molar-refractivity contribution in [3.05, 3.63) is 53.2 Å². The zero-order valence-corrected chi connectivity index (χ0v) is 25.1. The van der Waals surface area contributed by atoms with Crippen LogP contribution in [0.25, 0.3) is 0 Å². The highest BCUT2D eigenvalue weighted by atomic mass is 28.4. The lowest BCUT2D eigenvalue weighted by molar-refractivity contribution is -0.0347. The van der Waals surface area contributed by atoms with Crippen molar-refractivity contribution in [3.63, 3.8) is 0 Å². The van der Waals surface area contributed by atoms with Gasteiger partial charge in [-0.25, -0.2) is 4.98 Å². The van der Waals surface area contributed by atoms with E-state index in [1.54, 1.807) is 6.20 Å². The Morgan fingerprint density at radius 1 is 1.00 bits per heavy atom. The Labute approximate surface area is 225 Å². The van der Waals surface area contributed by atoms with E-state index < -0.39 is 20.0 Å². The topological polar surface area (TPSA) is 75.1 Å². The van der Waals surface area contributed by atoms with Gasteiger partial charge in [-0.1, -0.05) is 47.6 Å². The third-order valence-electron chi connectivity index (χ3n) is 8.26. The molecule has 3 rings (SSSR count). The largest absolute Gasteiger partial charge is 0.543 e. The number of hydrogen-bond donors (Lipinski definition) is 2. The molecule has 7 heteroatoms. The van der Waals surface area contributed by atoms with E-state index in [0.29, 0.717) is 61.6 Å². The fourth-order valence-electron chi connectivity index (χ4n) is 6.17. The molecular formula is C30H48N2O4Si. The van der Waals surface area contributed by atoms with Gasteiger partial charge in [0.15, 0.2) is 0 Å². The zero-order valence-electron chi connectivity index (χ0n) is 24.1. The predicted molar refractivity (Wildman–Crippen MR) is 153 cm³/mol. The lowest BCUT2D eigenvalue weighted by Crippen LogP contribution is -2.50. The van der Waals surface area contributed by atoms with Crippen LogP contribution in [0.15, 0.2) is 36.5 Å². The minimum Gasteiger partial charge on any atom is -0.543 e. The number of rotatable bonds is 11. The van der Waals surface area contributed by atoms with Crippen LogP contribution in [0.5, 0.6) is 11.6 Å². The van der Waals surface area contributed by atoms with E-state index >= 15 is 0 Å². The number of hydrogen-bond acceptors (Lipinski definition) is 6. The van der Waals surface area contributed by atoms with Crippen molar-refractivity contribution >= 4 is 8.32 Å². The van der Waals surface area contributed by atoms with Crippen LogP contribution in [0.1, 0.15) is 84.1 Å². The van der Waals surface area contributed by atoms with Gasteiger partial charge in [-0.05, 0) is 72.6 Å². The van der Waals surface area contributed by atoms with E-state index in [9.17, 15) is 10.2 Å². The molecule has 1 atom stereocenters. The minimum absolute atomic E-state index is 0.508. The molecule has 1 aromatic heterocycles. The fraction of sp³-hybridized carbons (Fsp3) is 0.633. The summed E-state index contributed by atoms with van der Waals surface area (Å²) in [5.41, 5.74) is 3.44. The maximum absolute atomic E-state index is 11.2. The Morgan fingerprint density at radius 3 is 2.11 bits per heavy atom. The second-order valence-corrected chi connectivity index (χ2v) is 17.0. The van der Waals surface area contributed by atoms with Gasteiger partial charge >= 0.3 is 0 Å². The number of piperidine rings is 1. The van der Waals surface area contributed by atoms with Gasteiger partial charge in [-0.15, -0.1) is 0 Å². The number of aliphatic hydroxyl groups is 2. The van der Waals surface area contributed by atoms with Crippen LogP contribution in [-0.2, 0) is 5.60 Å². The average Bonchev–Trinajstić information content (AvgIpc) is 2.84. The molecule has 0 amide bonds. The first-order valence-corrected chi connectivity index (χ1v) is 16.1. The lowest BCUT2D eigenvalue weighted by atomic mass is 9.85. The molecule has 2 aromatic rings. The molecule has 0 spiro atoms. The van der Waals surface area contributed by atoms with Crippen LogP contribution in [0.2, 0.25) is 16.6 Å². The second kappa shape index (κ2) is 12.3. The van der Waals surface area contributed by atoms with E-state index in [4.69, 9.17) is 9.16 Å². The normalized spacial score (nSPS) is 17.4. The van der Waals surface area contributed by atoms with Gasteiger partial charge in [-0.2, -0.15) is 0 Å². The molecule has 0 bridgehead atoms. The first-order chi connectivity index (χ1) is 17.4. The molecule has 1 aliphatic rings. The van der Waals surface area contributed by atoms with Crippen molar-refractivity contribution in [2.75, 3.05) is 26.2 Å². The van der Waals surface area contributed by atoms with Gasteiger partial charge in [0.05, 0.1) is 18.3 Å². The monoisotopic (exact) mass is 528 g/mol. The number of likely N-dealkylation sites (tertiary alicyclic amines) is 1. The molecule has 6 nitrogen and oxygen atoms in total. The molecule has 0 saturated carbocycles. The Hall–Kier alpha value is -1.93. The number of aromatic nitrogens is 1. The van der Waals surface area contributed by atoms with Crippen LogP contribution in [0.3, 0.4) is 0 Å². The number of ether oxygens (including phenoxy) is 1. The van der Waals surface area contributed by atoms with Crippen LogP contribution < -0.4 is 9.16 Å². The highest BCUT2D eigenvalue weighted by molar-refractivity contribution is 6.78. The van der Waals surface area contributed by atoms with Gasteiger partial charge < -0.3 is 24.3 Å². The highest BCUT2D eigenvalue weighted by Crippen LogP contribution is 2.43. The molecule has 1 aromatic carbocycles. The molecule has 1 fully saturated rings. The van der Waals surface area contributed by atoms with E-state index in [0.717, 1.165) is 22.4 Å². The number of pyridine rings is 1. The molecule has 0 aliphatic carbocycles. The van der Waals surface area contributed by atoms with Crippen LogP contribution in [0, 0.1) is 6.92 Å². The quantitative estimate of drug-likeness (QED) is 0.331. The lowest BCUT2D eigenvalue weighted by Gasteiger charge is -2.42. The number of benzene rings is 1. The summed E-state index contributed by atoms with van der Waals surface area (Å²) < 4.78 is 12.3. The van der Waals surface area contributed by atoms with Gasteiger partial charge in [0.2, 0.25) is 5.88 Å². The van der Waals surface area contributed by atoms with Crippen molar-refractivity contribution in [2.45, 2.75) is 96.6 Å². The molecule has 1 saturated heterocycles. The minimum atomic E-state index is -2.03. The van der Waals surface area contributed by atoms with Crippen molar-refractivity contribution in [1.82, 2.24) is 9.88 Å². The summed E-state index contributed by atoms with van der Waals surface area (Å²) in [6.45, 7) is 20.3. The predicted octanol–water partition coefficient (Wildman–Crippen LogP) is 6.36. The fourth-order valence-corrected chi connectivity index (χ4v) is 11.5. The van der Waals surface area contributed by atoms with Crippen molar-refractivity contribution in [1.29, 1.82) is 0 Å². The van der Waals surface area contributed by atoms with E-state index in [1.165, 1.54) is 0 Å². The number of aryl methyl sites for hydroxylation is 1. The summed E-state index contributed by atoms with van der Waals surface area (Å²) in [5, 5.41) is 22.3. The summed E-state index contributed by atoms with van der Waals surface area (Å²) >= 11 is 0. The third-order valence-corrected chi connectivity index (χ3v) is 14.2. The molecular weight excluding hydrogens is 480 g/mol. The standard InChI is InChI=1S/C30H48N2O4Si/c1-9-35-29-13-11-26(19-31-29)30(34)14-16-32(17-15-30)20-27(33)25-10-12-28(24(8)18-25)36-37(21(2)3,22(4)5)23(6)7/h10-13,18-19,21-23,27,33-34H,9,14-17,20H2,1-8H3. The number of β-amino-alcohol motifs (C(OH)–C–C–N with tert-alkyl or cyclic N) is 1. The maximum atomic E-state index is 11.2. The third kappa shape index (κ3) is 6.56. The van der Waals surface area contributed by atoms with Gasteiger partial charge in [0, 0.05) is 37.5 Å². The van der Waals surface area contributed by atoms with Crippen LogP contribution in [0.4, 0.5) is 0 Å². The van der Waals surface area contributed by atoms with Crippen LogP contribution in [-0.4, -0.2) is 54.7 Å². The summed E-state index contributed by atoms with van der Waals surface area (Å²) in [6.07, 6.45) is 2.34. The van der Waals surface area contributed by atoms with E-state index in [2.05, 4.69) is 70.5 Å². The number of nitrogens with zero attached hydrogens (tertiary/aromatic N) is 2. The SMILES string of the molecule is CCOc1ccc(C2(O)CCN(CC(O)c3ccc(O[Si](C(C)C)(C(C)C)C(C)C)c(C)c3)CC2)cn1. The van der Waals surface area contributed by atoms with Gasteiger partial charge in [-0.3, -0.25) is 0 Å². The molecule has 2 N–H and O–H groups in total. The molecule has 2 heterocycles. The Morgan fingerprint density at radius 2 is 1.62 bits per heavy atom. The Balaban J connectivity index is 1.63. The van der Waals surface area contributed by atoms with E-state index in [1.807, 2.05) is 25.1 Å². The van der Waals surface area contributed by atoms with Gasteiger partial charge in [0.25, 0.3) is 8.32 Å². The van der Waals surface area contributed by atoms with Crippen molar-refractivity contribution in [3.8, 4) is 11.6 Å². The van der Waals surface area contributed by atoms with Gasteiger partial charge in [0.1, 0.15) is 5.75 Å². The highest BCUT2D eigenvalue weighted by Gasteiger charge is 2.47. The summed E-state index contributed by atoms with van der Waals surface area (Å²) in [4.78, 5) is 6.55. The summed E-state index contributed by atoms with van der Waals surface area (Å²) in [5.74, 6) is 1.53. The molecule has 1 aliphatic heterocycles. The van der Waals surface area contributed by atoms with Crippen LogP contribution >= 0.6 is 0 Å². The smallest absolute Gasteiger partial charge is 0.258 e. The maximum Gasteiger partial charge on any atom is 0.258 e. The van der Waals surface area contributed by atoms with Crippen molar-refractivity contribution in [2.24, 2.45) is 0 Å². The first kappa shape index (κ1) is 29.6. The Kier molecular flexibility index (Phi) is 9.83.